The second kappa shape index (κ2) is 5.04. The Hall–Kier alpha value is -2.07. The van der Waals surface area contributed by atoms with Crippen LogP contribution in [0, 0.1) is 0 Å². The molecule has 4 nitrogen and oxygen atoms in total. The van der Waals surface area contributed by atoms with Crippen molar-refractivity contribution in [3.05, 3.63) is 53.3 Å². The molecule has 0 bridgehead atoms. The zero-order chi connectivity index (χ0) is 15.1. The Bertz CT molecular complexity index is 735. The first kappa shape index (κ1) is 13.9. The van der Waals surface area contributed by atoms with E-state index in [1.54, 1.807) is 22.8 Å². The first-order valence-electron chi connectivity index (χ1n) is 6.71. The Morgan fingerprint density at radius 2 is 2.14 bits per heavy atom. The van der Waals surface area contributed by atoms with Gasteiger partial charge in [0, 0.05) is 48.4 Å². The van der Waals surface area contributed by atoms with Crippen LogP contribution in [-0.4, -0.2) is 27.6 Å². The largest absolute Gasteiger partial charge is 0.335 e. The van der Waals surface area contributed by atoms with E-state index < -0.39 is 0 Å². The molecule has 0 spiro atoms. The predicted molar refractivity (Wildman–Crippen MR) is 82.9 cm³/mol. The quantitative estimate of drug-likeness (QED) is 0.799. The zero-order valence-electron chi connectivity index (χ0n) is 12.0. The van der Waals surface area contributed by atoms with Crippen LogP contribution in [0.1, 0.15) is 18.0 Å². The summed E-state index contributed by atoms with van der Waals surface area (Å²) >= 11 is 6.41. The second-order valence-electron chi connectivity index (χ2n) is 5.35. The molecule has 1 fully saturated rings. The first-order valence-corrected chi connectivity index (χ1v) is 7.09. The molecule has 2 aromatic rings. The normalized spacial score (nSPS) is 18.6. The molecule has 1 amide bonds. The van der Waals surface area contributed by atoms with Crippen molar-refractivity contribution in [3.63, 3.8) is 0 Å². The lowest BCUT2D eigenvalue weighted by Crippen LogP contribution is -2.23. The summed E-state index contributed by atoms with van der Waals surface area (Å²) in [6.07, 6.45) is 4.34. The van der Waals surface area contributed by atoms with Crippen molar-refractivity contribution in [1.82, 2.24) is 14.7 Å². The van der Waals surface area contributed by atoms with Crippen LogP contribution in [0.4, 0.5) is 0 Å². The summed E-state index contributed by atoms with van der Waals surface area (Å²) < 4.78 is 1.74. The van der Waals surface area contributed by atoms with Crippen LogP contribution in [0.25, 0.3) is 11.1 Å². The van der Waals surface area contributed by atoms with E-state index in [0.29, 0.717) is 17.0 Å². The molecule has 0 saturated carbocycles. The third kappa shape index (κ3) is 2.25. The maximum atomic E-state index is 12.0. The highest BCUT2D eigenvalue weighted by Gasteiger charge is 2.34. The minimum absolute atomic E-state index is 0.00267. The molecule has 5 heteroatoms. The highest BCUT2D eigenvalue weighted by atomic mass is 35.5. The van der Waals surface area contributed by atoms with Gasteiger partial charge in [0.25, 0.3) is 0 Å². The smallest absolute Gasteiger partial charge is 0.249 e. The van der Waals surface area contributed by atoms with Gasteiger partial charge in [-0.2, -0.15) is 5.10 Å². The van der Waals surface area contributed by atoms with Crippen molar-refractivity contribution >= 4 is 17.5 Å². The number of benzene rings is 1. The summed E-state index contributed by atoms with van der Waals surface area (Å²) in [4.78, 5) is 13.7. The number of carbonyl (C=O) groups excluding carboxylic acids is 1. The monoisotopic (exact) mass is 301 g/mol. The fraction of sp³-hybridized carbons (Fsp3) is 0.250. The van der Waals surface area contributed by atoms with Gasteiger partial charge in [-0.3, -0.25) is 9.48 Å². The van der Waals surface area contributed by atoms with Crippen molar-refractivity contribution in [2.24, 2.45) is 7.05 Å². The Labute approximate surface area is 128 Å². The summed E-state index contributed by atoms with van der Waals surface area (Å²) in [7, 11) is 3.67. The van der Waals surface area contributed by atoms with Gasteiger partial charge >= 0.3 is 0 Å². The van der Waals surface area contributed by atoms with Crippen LogP contribution in [-0.2, 0) is 11.8 Å². The fourth-order valence-corrected chi connectivity index (χ4v) is 3.13. The molecule has 0 aliphatic carbocycles. The molecule has 1 aromatic carbocycles. The van der Waals surface area contributed by atoms with Crippen molar-refractivity contribution in [2.45, 2.75) is 12.5 Å². The molecule has 0 radical (unpaired) electrons. The molecule has 108 valence electrons. The second-order valence-corrected chi connectivity index (χ2v) is 5.75. The number of aromatic nitrogens is 2. The van der Waals surface area contributed by atoms with Gasteiger partial charge in [0.1, 0.15) is 0 Å². The molecule has 1 aliphatic rings. The van der Waals surface area contributed by atoms with E-state index in [4.69, 9.17) is 11.6 Å². The molecular weight excluding hydrogens is 286 g/mol. The fourth-order valence-electron chi connectivity index (χ4n) is 2.84. The van der Waals surface area contributed by atoms with Crippen LogP contribution in [0.5, 0.6) is 0 Å². The summed E-state index contributed by atoms with van der Waals surface area (Å²) in [6, 6.07) is 5.76. The number of hydrogen-bond acceptors (Lipinski definition) is 2. The van der Waals surface area contributed by atoms with Gasteiger partial charge in [0.2, 0.25) is 5.91 Å². The number of nitrogens with zero attached hydrogens (tertiary/aromatic N) is 3. The molecular formula is C16H16ClN3O. The number of halogens is 1. The van der Waals surface area contributed by atoms with Gasteiger partial charge in [-0.15, -0.1) is 0 Å². The van der Waals surface area contributed by atoms with E-state index in [2.05, 4.69) is 11.7 Å². The van der Waals surface area contributed by atoms with Gasteiger partial charge < -0.3 is 4.90 Å². The minimum atomic E-state index is -0.0288. The van der Waals surface area contributed by atoms with Crippen LogP contribution in [0.3, 0.4) is 0 Å². The number of likely N-dealkylation sites (tertiary alicyclic amines) is 1. The standard InChI is InChI=1S/C16H16ClN3O/c1-10-7-14(20(3)16(10)21)12-5-4-6-13(17)15(12)11-8-18-19(2)9-11/h4-6,8-9,14H,1,7H2,2-3H3. The SMILES string of the molecule is C=C1CC(c2cccc(Cl)c2-c2cnn(C)c2)N(C)C1=O. The van der Waals surface area contributed by atoms with Gasteiger partial charge in [0.05, 0.1) is 12.2 Å². The average molecular weight is 302 g/mol. The highest BCUT2D eigenvalue weighted by molar-refractivity contribution is 6.33. The Balaban J connectivity index is 2.14. The van der Waals surface area contributed by atoms with E-state index >= 15 is 0 Å². The molecule has 1 atom stereocenters. The van der Waals surface area contributed by atoms with E-state index in [1.807, 2.05) is 31.4 Å². The lowest BCUT2D eigenvalue weighted by molar-refractivity contribution is -0.124. The summed E-state index contributed by atoms with van der Waals surface area (Å²) in [5, 5.41) is 4.88. The third-order valence-electron chi connectivity index (χ3n) is 3.93. The summed E-state index contributed by atoms with van der Waals surface area (Å²) in [5.41, 5.74) is 3.56. The number of aryl methyl sites for hydroxylation is 1. The Kier molecular flexibility index (Phi) is 3.33. The number of likely N-dealkylation sites (N-methyl/N-ethyl adjacent to an activating group) is 1. The number of hydrogen-bond donors (Lipinski definition) is 0. The van der Waals surface area contributed by atoms with Crippen LogP contribution in [0.15, 0.2) is 42.7 Å². The van der Waals surface area contributed by atoms with Gasteiger partial charge in [-0.05, 0) is 11.6 Å². The number of amides is 1. The maximum absolute atomic E-state index is 12.0. The van der Waals surface area contributed by atoms with E-state index in [0.717, 1.165) is 16.7 Å². The molecule has 1 aliphatic heterocycles. The minimum Gasteiger partial charge on any atom is -0.335 e. The molecule has 0 N–H and O–H groups in total. The third-order valence-corrected chi connectivity index (χ3v) is 4.24. The molecule has 2 heterocycles. The zero-order valence-corrected chi connectivity index (χ0v) is 12.8. The van der Waals surface area contributed by atoms with Crippen LogP contribution < -0.4 is 0 Å². The molecule has 1 unspecified atom stereocenters. The highest BCUT2D eigenvalue weighted by Crippen LogP contribution is 2.41. The number of rotatable bonds is 2. The van der Waals surface area contributed by atoms with E-state index in [-0.39, 0.29) is 11.9 Å². The molecule has 1 aromatic heterocycles. The predicted octanol–water partition coefficient (Wildman–Crippen LogP) is 3.20. The van der Waals surface area contributed by atoms with Gasteiger partial charge in [0.15, 0.2) is 0 Å². The van der Waals surface area contributed by atoms with Crippen molar-refractivity contribution in [1.29, 1.82) is 0 Å². The maximum Gasteiger partial charge on any atom is 0.249 e. The van der Waals surface area contributed by atoms with Crippen LogP contribution in [0.2, 0.25) is 5.02 Å². The number of carbonyl (C=O) groups is 1. The van der Waals surface area contributed by atoms with Crippen molar-refractivity contribution in [3.8, 4) is 11.1 Å². The average Bonchev–Trinajstić information content (AvgIpc) is 2.98. The molecule has 3 rings (SSSR count). The van der Waals surface area contributed by atoms with E-state index in [1.165, 1.54) is 0 Å². The Morgan fingerprint density at radius 3 is 2.71 bits per heavy atom. The Morgan fingerprint density at radius 1 is 1.38 bits per heavy atom. The van der Waals surface area contributed by atoms with Crippen molar-refractivity contribution in [2.75, 3.05) is 7.05 Å². The van der Waals surface area contributed by atoms with Crippen LogP contribution >= 0.6 is 11.6 Å². The van der Waals surface area contributed by atoms with Gasteiger partial charge in [-0.1, -0.05) is 30.3 Å². The first-order chi connectivity index (χ1) is 9.99. The van der Waals surface area contributed by atoms with Crippen molar-refractivity contribution < 1.29 is 4.79 Å². The summed E-state index contributed by atoms with van der Waals surface area (Å²) in [5.74, 6) is -0.00267. The van der Waals surface area contributed by atoms with E-state index in [9.17, 15) is 4.79 Å². The molecule has 1 saturated heterocycles. The van der Waals surface area contributed by atoms with Gasteiger partial charge in [-0.25, -0.2) is 0 Å². The lowest BCUT2D eigenvalue weighted by atomic mass is 9.94. The topological polar surface area (TPSA) is 38.1 Å². The lowest BCUT2D eigenvalue weighted by Gasteiger charge is -2.22. The molecule has 21 heavy (non-hydrogen) atoms. The summed E-state index contributed by atoms with van der Waals surface area (Å²) in [6.45, 7) is 3.85.